The molecule has 4 aromatic carbocycles. The largest absolute Gasteiger partial charge is 3.00 e. The van der Waals surface area contributed by atoms with Gasteiger partial charge in [0, 0.05) is 57.9 Å². The zero-order chi connectivity index (χ0) is 36.8. The Kier molecular flexibility index (Phi) is 15.8. The van der Waals surface area contributed by atoms with E-state index in [0.717, 1.165) is 64.1 Å². The number of hydrogen-bond donors (Lipinski definition) is 2. The number of para-hydroxylation sites is 2. The number of aromatic hydroxyl groups is 2. The molecule has 2 heterocycles. The topological polar surface area (TPSA) is 82.1 Å². The molecule has 1 aliphatic heterocycles. The molecule has 0 saturated heterocycles. The average Bonchev–Trinajstić information content (AvgIpc) is 3.57. The van der Waals surface area contributed by atoms with Gasteiger partial charge in [-0.2, -0.15) is 0 Å². The van der Waals surface area contributed by atoms with Crippen LogP contribution in [-0.4, -0.2) is 21.3 Å². The normalized spacial score (nSPS) is 15.4. The Morgan fingerprint density at radius 2 is 1.29 bits per heavy atom. The number of likely N-dealkylation sites (N-methyl/N-ethyl adjacent to an activating group) is 1. The van der Waals surface area contributed by atoms with Gasteiger partial charge in [0.2, 0.25) is 0 Å². The fraction of sp³-hybridized carbons (Fsp3) is 0.347. The van der Waals surface area contributed by atoms with E-state index >= 15 is 0 Å². The molecule has 0 amide bonds. The molecule has 1 aliphatic rings. The van der Waals surface area contributed by atoms with Gasteiger partial charge in [0.05, 0.1) is 11.7 Å². The van der Waals surface area contributed by atoms with Gasteiger partial charge in [0.15, 0.2) is 0 Å². The summed E-state index contributed by atoms with van der Waals surface area (Å²) in [5.41, 5.74) is 11.7. The number of hydrogen-bond acceptors (Lipinski definition) is 3. The third-order valence-electron chi connectivity index (χ3n) is 10.7. The molecule has 0 spiro atoms. The molecular weight excluding hydrogens is 754 g/mol. The van der Waals surface area contributed by atoms with E-state index in [1.54, 1.807) is 0 Å². The number of benzene rings is 4. The molecule has 1 radical (unpaired) electrons. The van der Waals surface area contributed by atoms with Crippen LogP contribution in [0.15, 0.2) is 91.0 Å². The maximum Gasteiger partial charge on any atom is 3.00 e. The van der Waals surface area contributed by atoms with Crippen LogP contribution in [0, 0.1) is 28.7 Å². The quantitative estimate of drug-likeness (QED) is 0.121. The molecule has 6 heteroatoms. The Hall–Kier alpha value is -3.86. The number of anilines is 1. The van der Waals surface area contributed by atoms with Gasteiger partial charge in [0.25, 0.3) is 0 Å². The minimum atomic E-state index is -0.194. The van der Waals surface area contributed by atoms with E-state index < -0.39 is 0 Å². The van der Waals surface area contributed by atoms with Gasteiger partial charge < -0.3 is 40.7 Å². The van der Waals surface area contributed by atoms with Crippen molar-refractivity contribution >= 4 is 22.7 Å². The Morgan fingerprint density at radius 3 is 1.91 bits per heavy atom. The number of rotatable bonds is 8. The molecule has 0 aliphatic carbocycles. The van der Waals surface area contributed by atoms with Crippen molar-refractivity contribution in [3.05, 3.63) is 151 Å². The third kappa shape index (κ3) is 8.92. The third-order valence-corrected chi connectivity index (χ3v) is 10.7. The summed E-state index contributed by atoms with van der Waals surface area (Å²) in [4.78, 5) is 2.47. The van der Waals surface area contributed by atoms with Gasteiger partial charge in [-0.05, 0) is 79.8 Å². The van der Waals surface area contributed by atoms with E-state index in [9.17, 15) is 10.2 Å². The van der Waals surface area contributed by atoms with Gasteiger partial charge in [-0.3, -0.25) is 0 Å². The van der Waals surface area contributed by atoms with E-state index in [1.807, 2.05) is 0 Å². The minimum absolute atomic E-state index is 0. The van der Waals surface area contributed by atoms with Crippen molar-refractivity contribution in [2.24, 2.45) is 0 Å². The number of aryl methyl sites for hydroxylation is 3. The summed E-state index contributed by atoms with van der Waals surface area (Å²) in [5.74, 6) is 0.965. The zero-order valence-electron chi connectivity index (χ0n) is 35.4. The van der Waals surface area contributed by atoms with Crippen molar-refractivity contribution in [3.63, 3.8) is 0 Å². The van der Waals surface area contributed by atoms with Crippen LogP contribution >= 0.6 is 0 Å². The van der Waals surface area contributed by atoms with Gasteiger partial charge in [-0.1, -0.05) is 126 Å². The molecule has 291 valence electrons. The molecule has 0 bridgehead atoms. The van der Waals surface area contributed by atoms with Crippen molar-refractivity contribution in [3.8, 4) is 22.8 Å². The van der Waals surface area contributed by atoms with Gasteiger partial charge in [-0.25, -0.2) is 0 Å². The second kappa shape index (κ2) is 18.4. The zero-order valence-corrected chi connectivity index (χ0v) is 37.8. The molecule has 0 saturated carbocycles. The average molecular weight is 818 g/mol. The maximum atomic E-state index is 11.8. The fourth-order valence-corrected chi connectivity index (χ4v) is 8.32. The van der Waals surface area contributed by atoms with E-state index in [2.05, 4.69) is 176 Å². The first-order valence-electron chi connectivity index (χ1n) is 18.7. The van der Waals surface area contributed by atoms with Crippen LogP contribution in [0.2, 0.25) is 0 Å². The Labute approximate surface area is 351 Å². The number of nitrogens with zero attached hydrogens (tertiary/aromatic N) is 2. The molecule has 1 aromatic heterocycles. The van der Waals surface area contributed by atoms with Crippen molar-refractivity contribution in [2.45, 2.75) is 105 Å². The first-order valence-corrected chi connectivity index (χ1v) is 18.7. The van der Waals surface area contributed by atoms with Crippen LogP contribution in [0.3, 0.4) is 0 Å². The van der Waals surface area contributed by atoms with E-state index in [4.69, 9.17) is 0 Å². The standard InChI is InChI=1S/C47H56N2O2.2CH3.H2N.Zr/c1-11-48-40-24-18-16-20-32(40)34(42(48)36-26-30(3)28-38(44(36)50)46(5,6)7)22-14-13-15-23-35-33-21-17-19-25-41(33)49(12-2)43(35)37-27-31(4)29-39(45(37)51)47(8,9)10;;;;/h13-22,24-29,35,43,50-51H,11-12,23H2,1-10H3;2*1H3;1H2;/q;3*-1;+3/b15-13-,22-14+;;;;. The van der Waals surface area contributed by atoms with E-state index in [1.165, 1.54) is 22.2 Å². The number of phenolic OH excluding ortho intramolecular Hbond substituents is 2. The fourth-order valence-electron chi connectivity index (χ4n) is 8.32. The minimum Gasteiger partial charge on any atom is -0.693 e. The second-order valence-corrected chi connectivity index (χ2v) is 16.4. The monoisotopic (exact) mass is 816 g/mol. The van der Waals surface area contributed by atoms with E-state index in [0.29, 0.717) is 11.5 Å². The van der Waals surface area contributed by atoms with Crippen molar-refractivity contribution < 1.29 is 36.4 Å². The van der Waals surface area contributed by atoms with Crippen LogP contribution < -0.4 is 4.90 Å². The Balaban J connectivity index is 0.00000261. The number of aromatic nitrogens is 1. The molecule has 5 nitrogen and oxygen atoms in total. The van der Waals surface area contributed by atoms with Crippen molar-refractivity contribution in [1.29, 1.82) is 0 Å². The number of allylic oxidation sites excluding steroid dienone is 3. The molecular formula is C49H64N3O2Zr. The number of nitrogens with two attached hydrogens (primary N) is 1. The summed E-state index contributed by atoms with van der Waals surface area (Å²) < 4.78 is 2.33. The molecule has 4 N–H and O–H groups in total. The molecule has 6 rings (SSSR count). The SMILES string of the molecule is CCN1c2ccccc2C(C/C=C\C=C\c2c(-c3cc(C)cc(C(C)(C)C)c3O)n(CC)c3ccccc23)C1c1cc(C)cc(C(C)(C)C)c1O.[CH3-].[CH3-].[NH2-].[Zr+3]. The van der Waals surface area contributed by atoms with Gasteiger partial charge >= 0.3 is 26.2 Å². The van der Waals surface area contributed by atoms with E-state index in [-0.39, 0.29) is 70.0 Å². The van der Waals surface area contributed by atoms with Gasteiger partial charge in [-0.15, -0.1) is 0 Å². The Morgan fingerprint density at radius 1 is 0.709 bits per heavy atom. The summed E-state index contributed by atoms with van der Waals surface area (Å²) >= 11 is 0. The van der Waals surface area contributed by atoms with Gasteiger partial charge in [0.1, 0.15) is 11.5 Å². The summed E-state index contributed by atoms with van der Waals surface area (Å²) in [5, 5.41) is 24.7. The smallest absolute Gasteiger partial charge is 0.693 e. The second-order valence-electron chi connectivity index (χ2n) is 16.4. The predicted molar refractivity (Wildman–Crippen MR) is 236 cm³/mol. The molecule has 55 heavy (non-hydrogen) atoms. The molecule has 2 unspecified atom stereocenters. The maximum absolute atomic E-state index is 11.8. The summed E-state index contributed by atoms with van der Waals surface area (Å²) in [6, 6.07) is 25.9. The molecule has 5 aromatic rings. The summed E-state index contributed by atoms with van der Waals surface area (Å²) in [7, 11) is 0. The first kappa shape index (κ1) is 47.3. The summed E-state index contributed by atoms with van der Waals surface area (Å²) in [6.45, 7) is 23.3. The van der Waals surface area contributed by atoms with Crippen molar-refractivity contribution in [2.75, 3.05) is 11.4 Å². The van der Waals surface area contributed by atoms with Crippen LogP contribution in [0.4, 0.5) is 5.69 Å². The van der Waals surface area contributed by atoms with Crippen LogP contribution in [0.25, 0.3) is 34.4 Å². The van der Waals surface area contributed by atoms with Crippen molar-refractivity contribution in [1.82, 2.24) is 4.57 Å². The summed E-state index contributed by atoms with van der Waals surface area (Å²) in [6.07, 6.45) is 9.64. The number of fused-ring (bicyclic) bond motifs is 2. The van der Waals surface area contributed by atoms with Crippen LogP contribution in [0.1, 0.15) is 113 Å². The Bertz CT molecular complexity index is 2140. The first-order chi connectivity index (χ1) is 24.2. The molecule has 2 atom stereocenters. The number of phenols is 2. The molecule has 0 fully saturated rings. The van der Waals surface area contributed by atoms with Crippen LogP contribution in [-0.2, 0) is 43.6 Å². The van der Waals surface area contributed by atoms with Crippen LogP contribution in [0.5, 0.6) is 11.5 Å². The predicted octanol–water partition coefficient (Wildman–Crippen LogP) is 13.9.